The van der Waals surface area contributed by atoms with E-state index in [1.54, 1.807) is 11.4 Å². The first-order valence-electron chi connectivity index (χ1n) is 8.72. The molecule has 2 amide bonds. The first-order valence-corrected chi connectivity index (χ1v) is 8.72. The molecular formula is C18H21F3N4O3. The average Bonchev–Trinajstić information content (AvgIpc) is 3.09. The van der Waals surface area contributed by atoms with Crippen LogP contribution in [-0.4, -0.2) is 34.7 Å². The van der Waals surface area contributed by atoms with Crippen molar-refractivity contribution in [3.63, 3.8) is 0 Å². The Balaban J connectivity index is 1.88. The Hall–Kier alpha value is -2.91. The van der Waals surface area contributed by atoms with Crippen LogP contribution in [0.2, 0.25) is 0 Å². The van der Waals surface area contributed by atoms with Crippen LogP contribution in [0.3, 0.4) is 0 Å². The second-order valence-corrected chi connectivity index (χ2v) is 6.45. The van der Waals surface area contributed by atoms with Gasteiger partial charge in [0.25, 0.3) is 5.91 Å². The largest absolute Gasteiger partial charge is 0.405 e. The Morgan fingerprint density at radius 3 is 2.57 bits per heavy atom. The SMILES string of the molecule is CC(C)c1noc(CCCC(=O)Nc2ccccc2C(=O)NCC(F)(F)F)n1. The molecule has 7 nitrogen and oxygen atoms in total. The molecule has 0 spiro atoms. The standard InChI is InChI=1S/C18H21F3N4O3/c1-11(2)16-24-15(28-25-16)9-5-8-14(26)23-13-7-4-3-6-12(13)17(27)22-10-18(19,20)21/h3-4,6-7,11H,5,8-10H2,1-2H3,(H,22,27)(H,23,26). The van der Waals surface area contributed by atoms with Crippen LogP contribution in [0, 0.1) is 0 Å². The monoisotopic (exact) mass is 398 g/mol. The highest BCUT2D eigenvalue weighted by molar-refractivity contribution is 6.03. The molecule has 2 rings (SSSR count). The summed E-state index contributed by atoms with van der Waals surface area (Å²) in [6.07, 6.45) is -3.54. The lowest BCUT2D eigenvalue weighted by atomic mass is 10.1. The number of amides is 2. The van der Waals surface area contributed by atoms with Gasteiger partial charge < -0.3 is 15.2 Å². The zero-order chi connectivity index (χ0) is 20.7. The smallest absolute Gasteiger partial charge is 0.343 e. The first-order chi connectivity index (χ1) is 13.2. The average molecular weight is 398 g/mol. The number of nitrogens with one attached hydrogen (secondary N) is 2. The number of rotatable bonds is 8. The van der Waals surface area contributed by atoms with Crippen LogP contribution in [0.5, 0.6) is 0 Å². The Kier molecular flexibility index (Phi) is 7.13. The van der Waals surface area contributed by atoms with Gasteiger partial charge in [0.2, 0.25) is 11.8 Å². The molecule has 0 bridgehead atoms. The Labute approximate surface area is 159 Å². The third-order valence-corrected chi connectivity index (χ3v) is 3.69. The summed E-state index contributed by atoms with van der Waals surface area (Å²) in [5.74, 6) is -0.123. The van der Waals surface area contributed by atoms with E-state index in [4.69, 9.17) is 4.52 Å². The summed E-state index contributed by atoms with van der Waals surface area (Å²) in [5.41, 5.74) is 0.102. The molecule has 1 heterocycles. The fourth-order valence-electron chi connectivity index (χ4n) is 2.28. The van der Waals surface area contributed by atoms with Gasteiger partial charge in [-0.2, -0.15) is 18.2 Å². The topological polar surface area (TPSA) is 97.1 Å². The third kappa shape index (κ3) is 6.67. The minimum atomic E-state index is -4.52. The van der Waals surface area contributed by atoms with Gasteiger partial charge in [-0.1, -0.05) is 31.1 Å². The zero-order valence-electron chi connectivity index (χ0n) is 15.5. The molecule has 0 saturated carbocycles. The van der Waals surface area contributed by atoms with Crippen LogP contribution in [-0.2, 0) is 11.2 Å². The van der Waals surface area contributed by atoms with Gasteiger partial charge >= 0.3 is 6.18 Å². The van der Waals surface area contributed by atoms with Crippen molar-refractivity contribution < 1.29 is 27.3 Å². The lowest BCUT2D eigenvalue weighted by Gasteiger charge is -2.12. The number of carbonyl (C=O) groups is 2. The molecule has 152 valence electrons. The van der Waals surface area contributed by atoms with E-state index in [1.165, 1.54) is 18.2 Å². The van der Waals surface area contributed by atoms with Crippen molar-refractivity contribution in [2.75, 3.05) is 11.9 Å². The van der Waals surface area contributed by atoms with Gasteiger partial charge in [-0.25, -0.2) is 0 Å². The Morgan fingerprint density at radius 2 is 1.93 bits per heavy atom. The van der Waals surface area contributed by atoms with Crippen LogP contribution in [0.25, 0.3) is 0 Å². The number of alkyl halides is 3. The van der Waals surface area contributed by atoms with Crippen LogP contribution in [0.1, 0.15) is 54.7 Å². The number of nitrogens with zero attached hydrogens (tertiary/aromatic N) is 2. The van der Waals surface area contributed by atoms with Crippen molar-refractivity contribution in [2.24, 2.45) is 0 Å². The predicted molar refractivity (Wildman–Crippen MR) is 94.8 cm³/mol. The van der Waals surface area contributed by atoms with Gasteiger partial charge in [0.1, 0.15) is 6.54 Å². The van der Waals surface area contributed by atoms with E-state index < -0.39 is 18.6 Å². The molecular weight excluding hydrogens is 377 g/mol. The lowest BCUT2D eigenvalue weighted by Crippen LogP contribution is -2.34. The van der Waals surface area contributed by atoms with Crippen LogP contribution >= 0.6 is 0 Å². The number of carbonyl (C=O) groups excluding carboxylic acids is 2. The minimum Gasteiger partial charge on any atom is -0.343 e. The Bertz CT molecular complexity index is 818. The summed E-state index contributed by atoms with van der Waals surface area (Å²) in [5, 5.41) is 8.17. The van der Waals surface area contributed by atoms with E-state index in [2.05, 4.69) is 15.5 Å². The van der Waals surface area contributed by atoms with Crippen LogP contribution in [0.15, 0.2) is 28.8 Å². The quantitative estimate of drug-likeness (QED) is 0.710. The maximum atomic E-state index is 12.3. The number of benzene rings is 1. The van der Waals surface area contributed by atoms with Crippen molar-refractivity contribution in [1.29, 1.82) is 0 Å². The normalized spacial score (nSPS) is 11.5. The van der Waals surface area contributed by atoms with E-state index in [0.717, 1.165) is 0 Å². The first kappa shape index (κ1) is 21.4. The van der Waals surface area contributed by atoms with Gasteiger partial charge in [-0.15, -0.1) is 0 Å². The highest BCUT2D eigenvalue weighted by Crippen LogP contribution is 2.18. The molecule has 0 fully saturated rings. The van der Waals surface area contributed by atoms with Gasteiger partial charge in [-0.05, 0) is 18.6 Å². The number of halogens is 3. The van der Waals surface area contributed by atoms with E-state index in [-0.39, 0.29) is 29.5 Å². The molecule has 2 aromatic rings. The summed E-state index contributed by atoms with van der Waals surface area (Å²) < 4.78 is 41.9. The van der Waals surface area contributed by atoms with Crippen LogP contribution in [0.4, 0.5) is 18.9 Å². The molecule has 0 aliphatic carbocycles. The summed E-state index contributed by atoms with van der Waals surface area (Å²) in [6, 6.07) is 5.86. The molecule has 0 saturated heterocycles. The molecule has 10 heteroatoms. The highest BCUT2D eigenvalue weighted by Gasteiger charge is 2.28. The highest BCUT2D eigenvalue weighted by atomic mass is 19.4. The second-order valence-electron chi connectivity index (χ2n) is 6.45. The molecule has 1 aromatic carbocycles. The molecule has 28 heavy (non-hydrogen) atoms. The summed E-state index contributed by atoms with van der Waals surface area (Å²) in [7, 11) is 0. The van der Waals surface area contributed by atoms with Crippen molar-refractivity contribution in [2.45, 2.75) is 45.2 Å². The summed E-state index contributed by atoms with van der Waals surface area (Å²) in [4.78, 5) is 28.3. The minimum absolute atomic E-state index is 0.0430. The molecule has 0 aliphatic heterocycles. The number of hydrogen-bond acceptors (Lipinski definition) is 5. The van der Waals surface area contributed by atoms with Gasteiger partial charge in [0.05, 0.1) is 11.3 Å². The number of para-hydroxylation sites is 1. The maximum Gasteiger partial charge on any atom is 0.405 e. The van der Waals surface area contributed by atoms with Crippen molar-refractivity contribution >= 4 is 17.5 Å². The van der Waals surface area contributed by atoms with Crippen molar-refractivity contribution in [3.8, 4) is 0 Å². The van der Waals surface area contributed by atoms with E-state index in [1.807, 2.05) is 13.8 Å². The third-order valence-electron chi connectivity index (χ3n) is 3.69. The van der Waals surface area contributed by atoms with Gasteiger partial charge in [-0.3, -0.25) is 9.59 Å². The van der Waals surface area contributed by atoms with E-state index in [9.17, 15) is 22.8 Å². The predicted octanol–water partition coefficient (Wildman–Crippen LogP) is 3.45. The molecule has 0 unspecified atom stereocenters. The van der Waals surface area contributed by atoms with E-state index in [0.29, 0.717) is 24.6 Å². The number of aryl methyl sites for hydroxylation is 1. The second kappa shape index (κ2) is 9.34. The fourth-order valence-corrected chi connectivity index (χ4v) is 2.28. The van der Waals surface area contributed by atoms with Crippen molar-refractivity contribution in [3.05, 3.63) is 41.5 Å². The van der Waals surface area contributed by atoms with Crippen molar-refractivity contribution in [1.82, 2.24) is 15.5 Å². The van der Waals surface area contributed by atoms with Gasteiger partial charge in [0, 0.05) is 18.8 Å². The summed E-state index contributed by atoms with van der Waals surface area (Å²) >= 11 is 0. The Morgan fingerprint density at radius 1 is 1.21 bits per heavy atom. The molecule has 2 N–H and O–H groups in total. The lowest BCUT2D eigenvalue weighted by molar-refractivity contribution is -0.123. The molecule has 0 radical (unpaired) electrons. The van der Waals surface area contributed by atoms with E-state index >= 15 is 0 Å². The molecule has 0 aliphatic rings. The van der Waals surface area contributed by atoms with Gasteiger partial charge in [0.15, 0.2) is 5.82 Å². The number of anilines is 1. The summed E-state index contributed by atoms with van der Waals surface area (Å²) in [6.45, 7) is 2.42. The maximum absolute atomic E-state index is 12.3. The zero-order valence-corrected chi connectivity index (χ0v) is 15.5. The fraction of sp³-hybridized carbons (Fsp3) is 0.444. The molecule has 0 atom stereocenters. The molecule has 1 aromatic heterocycles. The van der Waals surface area contributed by atoms with Crippen LogP contribution < -0.4 is 10.6 Å². The number of hydrogen-bond donors (Lipinski definition) is 2. The number of aromatic nitrogens is 2.